The van der Waals surface area contributed by atoms with E-state index in [1.54, 1.807) is 0 Å². The highest BCUT2D eigenvalue weighted by Crippen LogP contribution is 2.26. The van der Waals surface area contributed by atoms with Crippen LogP contribution in [0.1, 0.15) is 37.0 Å². The number of rotatable bonds is 3. The quantitative estimate of drug-likeness (QED) is 0.775. The predicted octanol–water partition coefficient (Wildman–Crippen LogP) is 4.07. The first-order valence-corrected chi connectivity index (χ1v) is 6.72. The second-order valence-corrected chi connectivity index (χ2v) is 5.38. The van der Waals surface area contributed by atoms with Crippen molar-refractivity contribution in [1.82, 2.24) is 9.55 Å². The molecule has 0 aliphatic carbocycles. The molecule has 0 N–H and O–H groups in total. The van der Waals surface area contributed by atoms with E-state index in [4.69, 9.17) is 4.98 Å². The molecule has 2 nitrogen and oxygen atoms in total. The smallest absolute Gasteiger partial charge is 0.123 e. The number of imidazole rings is 1. The van der Waals surface area contributed by atoms with Crippen LogP contribution in [0.5, 0.6) is 0 Å². The van der Waals surface area contributed by atoms with Gasteiger partial charge in [0.15, 0.2) is 0 Å². The highest BCUT2D eigenvalue weighted by molar-refractivity contribution is 9.09. The summed E-state index contributed by atoms with van der Waals surface area (Å²) in [4.78, 5) is 5.00. The van der Waals surface area contributed by atoms with Gasteiger partial charge in [-0.1, -0.05) is 28.9 Å². The zero-order valence-electron chi connectivity index (χ0n) is 10.00. The monoisotopic (exact) mass is 280 g/mol. The van der Waals surface area contributed by atoms with E-state index in [0.717, 1.165) is 24.3 Å². The largest absolute Gasteiger partial charge is 0.327 e. The lowest BCUT2D eigenvalue weighted by Crippen LogP contribution is -2.01. The summed E-state index contributed by atoms with van der Waals surface area (Å²) in [5.41, 5.74) is 3.70. The summed E-state index contributed by atoms with van der Waals surface area (Å²) >= 11 is 3.60. The molecule has 0 amide bonds. The van der Waals surface area contributed by atoms with Crippen LogP contribution in [0.3, 0.4) is 0 Å². The molecule has 1 heterocycles. The van der Waals surface area contributed by atoms with E-state index in [1.165, 1.54) is 11.1 Å². The molecular formula is C13H17BrN2. The molecule has 0 radical (unpaired) electrons. The summed E-state index contributed by atoms with van der Waals surface area (Å²) in [5, 5.41) is 0. The van der Waals surface area contributed by atoms with Crippen molar-refractivity contribution in [1.29, 1.82) is 0 Å². The average molecular weight is 281 g/mol. The Balaban J connectivity index is 2.66. The maximum atomic E-state index is 4.71. The van der Waals surface area contributed by atoms with Crippen LogP contribution in [0.15, 0.2) is 18.2 Å². The molecule has 16 heavy (non-hydrogen) atoms. The Labute approximate surface area is 105 Å². The van der Waals surface area contributed by atoms with Crippen LogP contribution in [0, 0.1) is 0 Å². The molecule has 0 spiro atoms. The molecule has 0 aliphatic rings. The molecule has 0 saturated heterocycles. The molecule has 1 aromatic heterocycles. The highest BCUT2D eigenvalue weighted by Gasteiger charge is 2.13. The molecular weight excluding hydrogens is 264 g/mol. The van der Waals surface area contributed by atoms with Gasteiger partial charge in [0.25, 0.3) is 0 Å². The van der Waals surface area contributed by atoms with Crippen molar-refractivity contribution >= 4 is 27.0 Å². The van der Waals surface area contributed by atoms with Gasteiger partial charge in [0.1, 0.15) is 5.82 Å². The Morgan fingerprint density at radius 3 is 2.69 bits per heavy atom. The normalized spacial score (nSPS) is 13.2. The van der Waals surface area contributed by atoms with E-state index in [2.05, 4.69) is 59.5 Å². The predicted molar refractivity (Wildman–Crippen MR) is 72.1 cm³/mol. The fourth-order valence-electron chi connectivity index (χ4n) is 2.05. The number of nitrogens with zero attached hydrogens (tertiary/aromatic N) is 2. The lowest BCUT2D eigenvalue weighted by atomic mass is 10.1. The first-order valence-electron chi connectivity index (χ1n) is 5.80. The molecule has 0 fully saturated rings. The molecule has 0 bridgehead atoms. The van der Waals surface area contributed by atoms with Crippen LogP contribution in [0.25, 0.3) is 11.0 Å². The van der Waals surface area contributed by atoms with E-state index in [1.807, 2.05) is 0 Å². The van der Waals surface area contributed by atoms with Gasteiger partial charge < -0.3 is 4.57 Å². The zero-order chi connectivity index (χ0) is 11.7. The van der Waals surface area contributed by atoms with E-state index in [-0.39, 0.29) is 0 Å². The Hall–Kier alpha value is -0.830. The lowest BCUT2D eigenvalue weighted by Gasteiger charge is -2.07. The molecule has 0 saturated carbocycles. The molecule has 86 valence electrons. The van der Waals surface area contributed by atoms with Crippen molar-refractivity contribution in [3.05, 3.63) is 29.6 Å². The summed E-state index contributed by atoms with van der Waals surface area (Å²) < 4.78 is 2.27. The Bertz CT molecular complexity index is 500. The van der Waals surface area contributed by atoms with Gasteiger partial charge in [-0.25, -0.2) is 4.98 Å². The van der Waals surface area contributed by atoms with Gasteiger partial charge in [0.2, 0.25) is 0 Å². The number of aromatic nitrogens is 2. The summed E-state index contributed by atoms with van der Waals surface area (Å²) in [6, 6.07) is 6.57. The number of halogens is 1. The first kappa shape index (κ1) is 11.6. The van der Waals surface area contributed by atoms with E-state index >= 15 is 0 Å². The zero-order valence-corrected chi connectivity index (χ0v) is 11.6. The van der Waals surface area contributed by atoms with Crippen molar-refractivity contribution < 1.29 is 0 Å². The maximum Gasteiger partial charge on any atom is 0.123 e. The van der Waals surface area contributed by atoms with E-state index < -0.39 is 0 Å². The van der Waals surface area contributed by atoms with Gasteiger partial charge in [-0.15, -0.1) is 0 Å². The molecule has 2 aromatic rings. The third kappa shape index (κ3) is 1.88. The third-order valence-electron chi connectivity index (χ3n) is 2.92. The second-order valence-electron chi connectivity index (χ2n) is 4.01. The summed E-state index contributed by atoms with van der Waals surface area (Å²) in [7, 11) is 0. The fraction of sp³-hybridized carbons (Fsp3) is 0.462. The molecule has 1 unspecified atom stereocenters. The number of hydrogen-bond donors (Lipinski definition) is 0. The number of aryl methyl sites for hydroxylation is 2. The minimum Gasteiger partial charge on any atom is -0.327 e. The van der Waals surface area contributed by atoms with Gasteiger partial charge in [-0.3, -0.25) is 0 Å². The molecule has 3 heteroatoms. The van der Waals surface area contributed by atoms with Crippen LogP contribution in [0.2, 0.25) is 0 Å². The second kappa shape index (κ2) is 4.58. The first-order chi connectivity index (χ1) is 7.67. The number of hydrogen-bond acceptors (Lipinski definition) is 1. The van der Waals surface area contributed by atoms with Crippen LogP contribution in [-0.4, -0.2) is 9.55 Å². The van der Waals surface area contributed by atoms with Crippen molar-refractivity contribution in [2.75, 3.05) is 0 Å². The van der Waals surface area contributed by atoms with Gasteiger partial charge in [-0.2, -0.15) is 0 Å². The standard InChI is InChI=1S/C13H17BrN2/c1-4-10-6-7-12-11(8-10)15-13(9(3)14)16(12)5-2/h6-9H,4-5H2,1-3H3. The van der Waals surface area contributed by atoms with Crippen molar-refractivity contribution in [2.45, 2.75) is 38.6 Å². The van der Waals surface area contributed by atoms with Gasteiger partial charge in [0, 0.05) is 6.54 Å². The van der Waals surface area contributed by atoms with E-state index in [9.17, 15) is 0 Å². The number of alkyl halides is 1. The third-order valence-corrected chi connectivity index (χ3v) is 3.33. The fourth-order valence-corrected chi connectivity index (χ4v) is 2.40. The average Bonchev–Trinajstić information content (AvgIpc) is 2.66. The van der Waals surface area contributed by atoms with Crippen molar-refractivity contribution in [2.24, 2.45) is 0 Å². The number of fused-ring (bicyclic) bond motifs is 1. The van der Waals surface area contributed by atoms with Crippen LogP contribution in [-0.2, 0) is 13.0 Å². The highest BCUT2D eigenvalue weighted by atomic mass is 79.9. The van der Waals surface area contributed by atoms with E-state index in [0.29, 0.717) is 4.83 Å². The van der Waals surface area contributed by atoms with Gasteiger partial charge >= 0.3 is 0 Å². The lowest BCUT2D eigenvalue weighted by molar-refractivity contribution is 0.723. The van der Waals surface area contributed by atoms with Crippen molar-refractivity contribution in [3.63, 3.8) is 0 Å². The minimum atomic E-state index is 0.296. The number of benzene rings is 1. The topological polar surface area (TPSA) is 17.8 Å². The maximum absolute atomic E-state index is 4.71. The molecule has 1 atom stereocenters. The molecule has 2 rings (SSSR count). The Morgan fingerprint density at radius 1 is 1.38 bits per heavy atom. The summed E-state index contributed by atoms with van der Waals surface area (Å²) in [5.74, 6) is 1.12. The SMILES string of the molecule is CCc1ccc2c(c1)nc(C(C)Br)n2CC. The van der Waals surface area contributed by atoms with Crippen molar-refractivity contribution in [3.8, 4) is 0 Å². The summed E-state index contributed by atoms with van der Waals surface area (Å²) in [6.07, 6.45) is 1.06. The molecule has 1 aromatic carbocycles. The van der Waals surface area contributed by atoms with Crippen LogP contribution in [0.4, 0.5) is 0 Å². The summed E-state index contributed by atoms with van der Waals surface area (Å²) in [6.45, 7) is 7.42. The Kier molecular flexibility index (Phi) is 3.33. The van der Waals surface area contributed by atoms with Gasteiger partial charge in [0.05, 0.1) is 15.9 Å². The Morgan fingerprint density at radius 2 is 2.12 bits per heavy atom. The minimum absolute atomic E-state index is 0.296. The van der Waals surface area contributed by atoms with Gasteiger partial charge in [-0.05, 0) is 38.0 Å². The van der Waals surface area contributed by atoms with Crippen LogP contribution < -0.4 is 0 Å². The van der Waals surface area contributed by atoms with Crippen LogP contribution >= 0.6 is 15.9 Å². The molecule has 0 aliphatic heterocycles.